The van der Waals surface area contributed by atoms with Crippen molar-refractivity contribution in [3.05, 3.63) is 0 Å². The van der Waals surface area contributed by atoms with E-state index in [0.717, 1.165) is 0 Å². The molecule has 0 aromatic rings. The topological polar surface area (TPSA) is 210 Å². The van der Waals surface area contributed by atoms with Crippen LogP contribution in [0.2, 0.25) is 0 Å². The molecule has 8 heavy (non-hydrogen) atoms. The molecule has 0 aliphatic carbocycles. The quantitative estimate of drug-likeness (QED) is 0.321. The van der Waals surface area contributed by atoms with Crippen molar-refractivity contribution in [2.45, 2.75) is 0 Å². The van der Waals surface area contributed by atoms with E-state index in [-0.39, 0.29) is 58.4 Å². The fourth-order valence-electron chi connectivity index (χ4n) is 0. The summed E-state index contributed by atoms with van der Waals surface area (Å²) in [5.41, 5.74) is 0. The number of rotatable bonds is 0. The van der Waals surface area contributed by atoms with Crippen molar-refractivity contribution < 1.29 is 21.5 Å². The molecule has 0 heterocycles. The fraction of sp³-hybridized carbons (Fsp3) is 0. The maximum Gasteiger partial charge on any atom is 0 e. The van der Waals surface area contributed by atoms with Crippen molar-refractivity contribution in [3.63, 3.8) is 0 Å². The zero-order valence-corrected chi connectivity index (χ0v) is 6.03. The van der Waals surface area contributed by atoms with E-state index >= 15 is 0 Å². The largest absolute Gasteiger partial charge is 0.344 e. The van der Waals surface area contributed by atoms with Gasteiger partial charge in [-0.3, -0.25) is 4.70 Å². The van der Waals surface area contributed by atoms with Gasteiger partial charge in [-0.25, -0.2) is 0 Å². The molecule has 0 aromatic carbocycles. The van der Waals surface area contributed by atoms with Crippen molar-refractivity contribution in [2.24, 2.45) is 0 Å². The van der Waals surface area contributed by atoms with Gasteiger partial charge in [0.05, 0.1) is 0 Å². The first kappa shape index (κ1) is 11000. The summed E-state index contributed by atoms with van der Waals surface area (Å²) < 4.78 is 0. The molecule has 0 aliphatic rings. The molecule has 0 atom stereocenters. The molecule has 0 spiro atoms. The van der Waals surface area contributed by atoms with Crippen LogP contribution in [-0.4, -0.2) is 0 Å². The van der Waals surface area contributed by atoms with Crippen LogP contribution in [0.15, 0.2) is 0 Å². The van der Waals surface area contributed by atoms with Crippen LogP contribution in [0.4, 0.5) is 4.70 Å². The van der Waals surface area contributed by atoms with Crippen LogP contribution in [0.3, 0.4) is 0 Å². The molecular weight excluding hydrogens is 162 g/mol. The summed E-state index contributed by atoms with van der Waals surface area (Å²) in [5.74, 6) is 0. The van der Waals surface area contributed by atoms with E-state index in [2.05, 4.69) is 0 Å². The van der Waals surface area contributed by atoms with Crippen LogP contribution in [0, 0.1) is 0 Å². The Kier molecular flexibility index (Phi) is 9840000. The molecule has 6 nitrogen and oxygen atoms in total. The summed E-state index contributed by atoms with van der Waals surface area (Å²) in [6.45, 7) is 0. The molecule has 1 radical (unpaired) electrons. The molecule has 65 valence electrons. The van der Waals surface area contributed by atoms with Gasteiger partial charge in [-0.1, -0.05) is 0 Å². The van der Waals surface area contributed by atoms with Gasteiger partial charge in [0.15, 0.2) is 0 Å². The minimum absolute atomic E-state index is 0. The van der Waals surface area contributed by atoms with E-state index < -0.39 is 0 Å². The van der Waals surface area contributed by atoms with Crippen LogP contribution in [0.5, 0.6) is 0 Å². The first-order chi connectivity index (χ1) is 0. The van der Waals surface area contributed by atoms with Crippen molar-refractivity contribution in [2.75, 3.05) is 0 Å². The van der Waals surface area contributed by atoms with Crippen molar-refractivity contribution >= 4 is 0 Å². The van der Waals surface area contributed by atoms with Gasteiger partial charge in [0.1, 0.15) is 0 Å². The predicted molar refractivity (Wildman–Crippen MR) is 32.6 cm³/mol. The Balaban J connectivity index is 0. The first-order valence-electron chi connectivity index (χ1n) is 0. The van der Waals surface area contributed by atoms with Gasteiger partial charge in [0, 0.05) is 16.8 Å². The number of halogens is 1. The van der Waals surface area contributed by atoms with Crippen molar-refractivity contribution in [3.8, 4) is 0 Å². The molecule has 0 saturated heterocycles. The molecule has 0 amide bonds. The van der Waals surface area contributed by atoms with Crippen molar-refractivity contribution in [1.29, 1.82) is 0 Å². The third-order valence-electron chi connectivity index (χ3n) is 0. The van der Waals surface area contributed by atoms with E-state index in [1.54, 1.807) is 0 Å². The minimum atomic E-state index is 0. The maximum atomic E-state index is 0. The summed E-state index contributed by atoms with van der Waals surface area (Å²) in [5, 5.41) is 0. The molecule has 0 saturated carbocycles. The van der Waals surface area contributed by atoms with Gasteiger partial charge in [-0.05, 0) is 0 Å². The Hall–Kier alpha value is 0.196. The molecule has 0 aliphatic heterocycles. The third-order valence-corrected chi connectivity index (χ3v) is 0. The Labute approximate surface area is 59.2 Å². The van der Waals surface area contributed by atoms with Crippen LogP contribution in [-0.2, 0) is 16.8 Å². The van der Waals surface area contributed by atoms with Crippen LogP contribution < -0.4 is 36.9 Å². The average molecular weight is 181 g/mol. The standard InChI is InChI=1S/Co.FH.6H3N/h;1H;6*1H3. The fourth-order valence-corrected chi connectivity index (χ4v) is 0. The SMILES string of the molecule is F.N.N.N.N.N.N.[Co]. The van der Waals surface area contributed by atoms with E-state index in [9.17, 15) is 0 Å². The van der Waals surface area contributed by atoms with Gasteiger partial charge in [0.25, 0.3) is 0 Å². The van der Waals surface area contributed by atoms with E-state index in [0.29, 0.717) is 0 Å². The second-order valence-electron chi connectivity index (χ2n) is 0. The molecule has 0 fully saturated rings. The molecular formula is H19CoFN6. The van der Waals surface area contributed by atoms with Gasteiger partial charge >= 0.3 is 0 Å². The Bertz CT molecular complexity index is 8.49. The van der Waals surface area contributed by atoms with E-state index in [1.165, 1.54) is 0 Å². The van der Waals surface area contributed by atoms with Crippen LogP contribution >= 0.6 is 0 Å². The Morgan fingerprint density at radius 1 is 0.375 bits per heavy atom. The van der Waals surface area contributed by atoms with E-state index in [4.69, 9.17) is 0 Å². The summed E-state index contributed by atoms with van der Waals surface area (Å²) >= 11 is 0. The molecule has 0 rings (SSSR count). The van der Waals surface area contributed by atoms with E-state index in [1.807, 2.05) is 0 Å². The second-order valence-corrected chi connectivity index (χ2v) is 0. The Morgan fingerprint density at radius 3 is 0.375 bits per heavy atom. The molecule has 0 unspecified atom stereocenters. The minimum Gasteiger partial charge on any atom is -0.344 e. The average Bonchev–Trinajstić information content (AvgIpc) is 0. The summed E-state index contributed by atoms with van der Waals surface area (Å²) in [7, 11) is 0. The van der Waals surface area contributed by atoms with Gasteiger partial charge < -0.3 is 36.9 Å². The molecule has 0 bridgehead atoms. The summed E-state index contributed by atoms with van der Waals surface area (Å²) in [4.78, 5) is 0. The van der Waals surface area contributed by atoms with Gasteiger partial charge in [0.2, 0.25) is 0 Å². The molecule has 18 N–H and O–H groups in total. The molecule has 8 heteroatoms. The van der Waals surface area contributed by atoms with Crippen LogP contribution in [0.25, 0.3) is 0 Å². The monoisotopic (exact) mass is 181 g/mol. The zero-order valence-electron chi connectivity index (χ0n) is 4.98. The molecule has 0 aromatic heterocycles. The summed E-state index contributed by atoms with van der Waals surface area (Å²) in [6, 6.07) is 0. The third kappa shape index (κ3) is 4330. The normalized spacial score (nSPS) is 0. The van der Waals surface area contributed by atoms with Crippen LogP contribution in [0.1, 0.15) is 0 Å². The number of hydrogen-bond donors (Lipinski definition) is 6. The maximum absolute atomic E-state index is 0. The Morgan fingerprint density at radius 2 is 0.375 bits per heavy atom. The smallest absolute Gasteiger partial charge is 0 e. The summed E-state index contributed by atoms with van der Waals surface area (Å²) in [6.07, 6.45) is 0. The second kappa shape index (κ2) is 7160. The zero-order chi connectivity index (χ0) is 0. The van der Waals surface area contributed by atoms with Gasteiger partial charge in [-0.2, -0.15) is 0 Å². The van der Waals surface area contributed by atoms with Gasteiger partial charge in [-0.15, -0.1) is 0 Å². The predicted octanol–water partition coefficient (Wildman–Crippen LogP) is 1.12. The first-order valence-corrected chi connectivity index (χ1v) is 0. The van der Waals surface area contributed by atoms with Crippen molar-refractivity contribution in [1.82, 2.24) is 36.9 Å². The number of hydrogen-bond acceptors (Lipinski definition) is 6.